The number of hydrogen-bond acceptors (Lipinski definition) is 4. The van der Waals surface area contributed by atoms with Gasteiger partial charge in [0.2, 0.25) is 5.76 Å². The number of aromatic nitrogens is 1. The van der Waals surface area contributed by atoms with E-state index in [1.54, 1.807) is 18.2 Å². The van der Waals surface area contributed by atoms with Gasteiger partial charge in [-0.1, -0.05) is 12.1 Å². The van der Waals surface area contributed by atoms with Crippen LogP contribution >= 0.6 is 15.9 Å². The Morgan fingerprint density at radius 3 is 2.75 bits per heavy atom. The van der Waals surface area contributed by atoms with Crippen LogP contribution in [-0.4, -0.2) is 10.9 Å². The van der Waals surface area contributed by atoms with E-state index in [0.29, 0.717) is 17.2 Å². The van der Waals surface area contributed by atoms with E-state index in [1.165, 1.54) is 12.7 Å². The smallest absolute Gasteiger partial charge is 0.278 e. The monoisotopic (exact) mass is 332 g/mol. The number of anilines is 1. The zero-order valence-corrected chi connectivity index (χ0v) is 11.8. The molecule has 0 aliphatic heterocycles. The molecule has 1 N–H and O–H groups in total. The molecule has 0 radical (unpaired) electrons. The van der Waals surface area contributed by atoms with Gasteiger partial charge in [0.1, 0.15) is 0 Å². The van der Waals surface area contributed by atoms with E-state index < -0.39 is 0 Å². The van der Waals surface area contributed by atoms with Crippen molar-refractivity contribution in [3.8, 4) is 11.5 Å². The number of amides is 1. The lowest BCUT2D eigenvalue weighted by Gasteiger charge is -2.05. The highest BCUT2D eigenvalue weighted by Gasteiger charge is 2.20. The first-order chi connectivity index (χ1) is 9.75. The van der Waals surface area contributed by atoms with E-state index in [1.807, 2.05) is 18.2 Å². The summed E-state index contributed by atoms with van der Waals surface area (Å²) in [5.74, 6) is 0.399. The van der Waals surface area contributed by atoms with Crippen LogP contribution in [-0.2, 0) is 0 Å². The molecule has 5 nitrogen and oxygen atoms in total. The van der Waals surface area contributed by atoms with Gasteiger partial charge >= 0.3 is 0 Å². The lowest BCUT2D eigenvalue weighted by Crippen LogP contribution is -2.13. The van der Waals surface area contributed by atoms with Crippen molar-refractivity contribution in [3.63, 3.8) is 0 Å². The summed E-state index contributed by atoms with van der Waals surface area (Å²) in [6.07, 6.45) is 2.72. The first-order valence-corrected chi connectivity index (χ1v) is 6.58. The highest BCUT2D eigenvalue weighted by Crippen LogP contribution is 2.26. The molecule has 0 saturated heterocycles. The van der Waals surface area contributed by atoms with Crippen molar-refractivity contribution in [2.45, 2.75) is 0 Å². The van der Waals surface area contributed by atoms with Crippen LogP contribution in [0.15, 0.2) is 62.4 Å². The second kappa shape index (κ2) is 5.34. The van der Waals surface area contributed by atoms with Gasteiger partial charge in [-0.2, -0.15) is 0 Å². The van der Waals surface area contributed by atoms with Gasteiger partial charge in [0.25, 0.3) is 5.91 Å². The largest absolute Gasteiger partial charge is 0.461 e. The molecule has 0 saturated carbocycles. The third-order valence-electron chi connectivity index (χ3n) is 2.65. The Labute approximate surface area is 122 Å². The summed E-state index contributed by atoms with van der Waals surface area (Å²) in [4.78, 5) is 16.2. The van der Waals surface area contributed by atoms with Crippen molar-refractivity contribution in [2.75, 3.05) is 5.32 Å². The SMILES string of the molecule is O=C(Nc1ccccc1Br)c1ncoc1-c1ccco1. The van der Waals surface area contributed by atoms with E-state index in [4.69, 9.17) is 8.83 Å². The van der Waals surface area contributed by atoms with Crippen LogP contribution in [0.3, 0.4) is 0 Å². The Hall–Kier alpha value is -2.34. The molecular formula is C14H9BrN2O3. The normalized spacial score (nSPS) is 10.4. The Bertz CT molecular complexity index is 734. The summed E-state index contributed by atoms with van der Waals surface area (Å²) in [6.45, 7) is 0. The van der Waals surface area contributed by atoms with Crippen LogP contribution in [0.1, 0.15) is 10.5 Å². The second-order valence-corrected chi connectivity index (χ2v) is 4.80. The van der Waals surface area contributed by atoms with Crippen LogP contribution in [0.25, 0.3) is 11.5 Å². The van der Waals surface area contributed by atoms with E-state index in [0.717, 1.165) is 4.47 Å². The zero-order valence-electron chi connectivity index (χ0n) is 10.2. The highest BCUT2D eigenvalue weighted by atomic mass is 79.9. The van der Waals surface area contributed by atoms with Crippen LogP contribution in [0.2, 0.25) is 0 Å². The number of rotatable bonds is 3. The number of nitrogens with zero attached hydrogens (tertiary/aromatic N) is 1. The number of halogens is 1. The first-order valence-electron chi connectivity index (χ1n) is 5.79. The van der Waals surface area contributed by atoms with Gasteiger partial charge in [-0.05, 0) is 40.2 Å². The molecule has 0 bridgehead atoms. The number of benzene rings is 1. The van der Waals surface area contributed by atoms with Gasteiger partial charge < -0.3 is 14.2 Å². The van der Waals surface area contributed by atoms with E-state index in [-0.39, 0.29) is 11.6 Å². The molecule has 0 aliphatic carbocycles. The van der Waals surface area contributed by atoms with Gasteiger partial charge in [0.15, 0.2) is 17.8 Å². The molecule has 0 spiro atoms. The Kier molecular flexibility index (Phi) is 3.39. The molecule has 6 heteroatoms. The number of furan rings is 1. The zero-order chi connectivity index (χ0) is 13.9. The number of oxazole rings is 1. The highest BCUT2D eigenvalue weighted by molar-refractivity contribution is 9.10. The van der Waals surface area contributed by atoms with Gasteiger partial charge in [-0.3, -0.25) is 4.79 Å². The fourth-order valence-electron chi connectivity index (χ4n) is 1.73. The molecule has 0 unspecified atom stereocenters. The lowest BCUT2D eigenvalue weighted by molar-refractivity contribution is 0.102. The molecule has 2 aromatic heterocycles. The summed E-state index contributed by atoms with van der Waals surface area (Å²) in [5, 5.41) is 2.76. The molecular weight excluding hydrogens is 324 g/mol. The Morgan fingerprint density at radius 1 is 1.15 bits per heavy atom. The number of nitrogens with one attached hydrogen (secondary N) is 1. The summed E-state index contributed by atoms with van der Waals surface area (Å²) < 4.78 is 11.2. The molecule has 20 heavy (non-hydrogen) atoms. The van der Waals surface area contributed by atoms with Gasteiger partial charge in [0.05, 0.1) is 12.0 Å². The van der Waals surface area contributed by atoms with Crippen LogP contribution in [0.5, 0.6) is 0 Å². The van der Waals surface area contributed by atoms with Crippen LogP contribution in [0.4, 0.5) is 5.69 Å². The maximum Gasteiger partial charge on any atom is 0.278 e. The minimum Gasteiger partial charge on any atom is -0.461 e. The molecule has 1 aromatic carbocycles. The Balaban J connectivity index is 1.89. The van der Waals surface area contributed by atoms with Gasteiger partial charge in [-0.15, -0.1) is 0 Å². The minimum atomic E-state index is -0.364. The summed E-state index contributed by atoms with van der Waals surface area (Å²) in [5.41, 5.74) is 0.835. The lowest BCUT2D eigenvalue weighted by atomic mass is 10.2. The average molecular weight is 333 g/mol. The fourth-order valence-corrected chi connectivity index (χ4v) is 2.12. The van der Waals surface area contributed by atoms with E-state index >= 15 is 0 Å². The number of hydrogen-bond donors (Lipinski definition) is 1. The first kappa shape index (κ1) is 12.7. The van der Waals surface area contributed by atoms with E-state index in [9.17, 15) is 4.79 Å². The molecule has 0 aliphatic rings. The topological polar surface area (TPSA) is 68.3 Å². The summed E-state index contributed by atoms with van der Waals surface area (Å²) in [7, 11) is 0. The second-order valence-electron chi connectivity index (χ2n) is 3.94. The third kappa shape index (κ3) is 2.37. The molecule has 3 aromatic rings. The van der Waals surface area contributed by atoms with Crippen molar-refractivity contribution in [3.05, 3.63) is 59.2 Å². The van der Waals surface area contributed by atoms with Gasteiger partial charge in [-0.25, -0.2) is 4.98 Å². The number of carbonyl (C=O) groups excluding carboxylic acids is 1. The predicted molar refractivity (Wildman–Crippen MR) is 76.3 cm³/mol. The number of carbonyl (C=O) groups is 1. The summed E-state index contributed by atoms with van der Waals surface area (Å²) >= 11 is 3.37. The van der Waals surface area contributed by atoms with Crippen molar-refractivity contribution in [2.24, 2.45) is 0 Å². The molecule has 100 valence electrons. The standard InChI is InChI=1S/C14H9BrN2O3/c15-9-4-1-2-5-10(9)17-14(18)12-13(20-8-16-12)11-6-3-7-19-11/h1-8H,(H,17,18). The van der Waals surface area contributed by atoms with Gasteiger partial charge in [0, 0.05) is 4.47 Å². The predicted octanol–water partition coefficient (Wildman–Crippen LogP) is 3.95. The maximum atomic E-state index is 12.2. The van der Waals surface area contributed by atoms with E-state index in [2.05, 4.69) is 26.2 Å². The van der Waals surface area contributed by atoms with Crippen molar-refractivity contribution >= 4 is 27.5 Å². The van der Waals surface area contributed by atoms with Crippen molar-refractivity contribution in [1.29, 1.82) is 0 Å². The average Bonchev–Trinajstić information content (AvgIpc) is 3.11. The fraction of sp³-hybridized carbons (Fsp3) is 0. The third-order valence-corrected chi connectivity index (χ3v) is 3.34. The quantitative estimate of drug-likeness (QED) is 0.788. The van der Waals surface area contributed by atoms with Crippen molar-refractivity contribution < 1.29 is 13.6 Å². The molecule has 3 rings (SSSR count). The molecule has 2 heterocycles. The Morgan fingerprint density at radius 2 is 2.00 bits per heavy atom. The molecule has 0 fully saturated rings. The molecule has 0 atom stereocenters. The van der Waals surface area contributed by atoms with Crippen LogP contribution < -0.4 is 5.32 Å². The minimum absolute atomic E-state index is 0.177. The maximum absolute atomic E-state index is 12.2. The van der Waals surface area contributed by atoms with Crippen LogP contribution in [0, 0.1) is 0 Å². The van der Waals surface area contributed by atoms with Crippen molar-refractivity contribution in [1.82, 2.24) is 4.98 Å². The summed E-state index contributed by atoms with van der Waals surface area (Å²) in [6, 6.07) is 10.7. The number of para-hydroxylation sites is 1. The molecule has 1 amide bonds.